The molecule has 1 aromatic carbocycles. The summed E-state index contributed by atoms with van der Waals surface area (Å²) in [5.41, 5.74) is 6.55. The van der Waals surface area contributed by atoms with E-state index in [0.717, 1.165) is 0 Å². The van der Waals surface area contributed by atoms with Crippen LogP contribution in [0, 0.1) is 5.82 Å². The molecule has 0 spiro atoms. The Morgan fingerprint density at radius 2 is 2.07 bits per heavy atom. The fourth-order valence-electron chi connectivity index (χ4n) is 1.19. The van der Waals surface area contributed by atoms with E-state index < -0.39 is 0 Å². The van der Waals surface area contributed by atoms with Crippen molar-refractivity contribution in [1.29, 1.82) is 0 Å². The van der Waals surface area contributed by atoms with Crippen LogP contribution in [-0.2, 0) is 0 Å². The van der Waals surface area contributed by atoms with Crippen LogP contribution < -0.4 is 5.73 Å². The van der Waals surface area contributed by atoms with Gasteiger partial charge in [0.15, 0.2) is 0 Å². The van der Waals surface area contributed by atoms with Gasteiger partial charge >= 0.3 is 0 Å². The normalized spacial score (nSPS) is 10.4. The van der Waals surface area contributed by atoms with Crippen molar-refractivity contribution in [2.24, 2.45) is 0 Å². The van der Waals surface area contributed by atoms with E-state index in [4.69, 9.17) is 17.3 Å². The third-order valence-electron chi connectivity index (χ3n) is 1.89. The predicted molar refractivity (Wildman–Crippen MR) is 53.4 cm³/mol. The molecular weight excluding hydrogens is 205 g/mol. The largest absolute Gasteiger partial charge is 0.394 e. The Morgan fingerprint density at radius 1 is 1.36 bits per heavy atom. The summed E-state index contributed by atoms with van der Waals surface area (Å²) < 4.78 is 13.3. The second-order valence-electron chi connectivity index (χ2n) is 2.78. The highest BCUT2D eigenvalue weighted by atomic mass is 35.5. The molecule has 0 fully saturated rings. The van der Waals surface area contributed by atoms with Gasteiger partial charge in [0.25, 0.3) is 0 Å². The lowest BCUT2D eigenvalue weighted by Gasteiger charge is -1.99. The Hall–Kier alpha value is -1.55. The third kappa shape index (κ3) is 1.33. The summed E-state index contributed by atoms with van der Waals surface area (Å²) in [5.74, 6) is -0.373. The van der Waals surface area contributed by atoms with Gasteiger partial charge in [-0.2, -0.15) is 5.10 Å². The van der Waals surface area contributed by atoms with Crippen LogP contribution in [0.2, 0.25) is 5.15 Å². The van der Waals surface area contributed by atoms with E-state index in [0.29, 0.717) is 11.3 Å². The van der Waals surface area contributed by atoms with E-state index >= 15 is 0 Å². The van der Waals surface area contributed by atoms with Crippen molar-refractivity contribution < 1.29 is 4.39 Å². The monoisotopic (exact) mass is 211 g/mol. The molecule has 0 radical (unpaired) electrons. The number of nitrogen functional groups attached to an aromatic ring is 1. The second-order valence-corrected chi connectivity index (χ2v) is 3.16. The second kappa shape index (κ2) is 3.31. The molecule has 5 heteroatoms. The predicted octanol–water partition coefficient (Wildman–Crippen LogP) is 2.45. The maximum atomic E-state index is 13.3. The van der Waals surface area contributed by atoms with Gasteiger partial charge in [-0.15, -0.1) is 0 Å². The van der Waals surface area contributed by atoms with Crippen LogP contribution >= 0.6 is 11.6 Å². The summed E-state index contributed by atoms with van der Waals surface area (Å²) in [6.45, 7) is 0. The molecule has 2 aromatic rings. The number of nitrogens with zero attached hydrogens (tertiary/aromatic N) is 1. The number of nitrogens with one attached hydrogen (secondary N) is 1. The van der Waals surface area contributed by atoms with E-state index in [-0.39, 0.29) is 16.7 Å². The standard InChI is InChI=1S/C9H7ClFN3/c10-9-7(12)8(13-14-9)5-3-1-2-4-6(5)11/h1-4H,12H2,(H,13,14). The van der Waals surface area contributed by atoms with Crippen molar-refractivity contribution in [3.8, 4) is 11.3 Å². The number of hydrogen-bond donors (Lipinski definition) is 2. The Balaban J connectivity index is 2.60. The highest BCUT2D eigenvalue weighted by molar-refractivity contribution is 6.32. The van der Waals surface area contributed by atoms with Gasteiger partial charge < -0.3 is 5.73 Å². The number of hydrogen-bond acceptors (Lipinski definition) is 2. The lowest BCUT2D eigenvalue weighted by atomic mass is 10.1. The lowest BCUT2D eigenvalue weighted by molar-refractivity contribution is 0.630. The first-order valence-electron chi connectivity index (χ1n) is 3.94. The lowest BCUT2D eigenvalue weighted by Crippen LogP contribution is -1.89. The molecule has 0 bridgehead atoms. The number of aromatic nitrogens is 2. The number of rotatable bonds is 1. The Kier molecular flexibility index (Phi) is 2.13. The molecule has 14 heavy (non-hydrogen) atoms. The number of benzene rings is 1. The molecule has 3 N–H and O–H groups in total. The van der Waals surface area contributed by atoms with E-state index in [1.54, 1.807) is 18.2 Å². The molecule has 3 nitrogen and oxygen atoms in total. The van der Waals surface area contributed by atoms with Crippen LogP contribution in [0.25, 0.3) is 11.3 Å². The summed E-state index contributed by atoms with van der Waals surface area (Å²) in [5, 5.41) is 6.54. The maximum Gasteiger partial charge on any atom is 0.148 e. The summed E-state index contributed by atoms with van der Waals surface area (Å²) in [4.78, 5) is 0. The Labute approximate surface area is 84.7 Å². The fraction of sp³-hybridized carbons (Fsp3) is 0. The van der Waals surface area contributed by atoms with Crippen LogP contribution in [0.15, 0.2) is 24.3 Å². The van der Waals surface area contributed by atoms with Gasteiger partial charge in [0.1, 0.15) is 16.7 Å². The minimum atomic E-state index is -0.373. The number of halogens is 2. The van der Waals surface area contributed by atoms with Crippen molar-refractivity contribution in [3.63, 3.8) is 0 Å². The topological polar surface area (TPSA) is 54.7 Å². The SMILES string of the molecule is Nc1c(-c2ccccc2F)n[nH]c1Cl. The number of H-pyrrole nitrogens is 1. The quantitative estimate of drug-likeness (QED) is 0.761. The van der Waals surface area contributed by atoms with Gasteiger partial charge in [-0.1, -0.05) is 23.7 Å². The molecular formula is C9H7ClFN3. The molecule has 0 unspecified atom stereocenters. The molecule has 0 saturated heterocycles. The molecule has 0 aliphatic rings. The minimum Gasteiger partial charge on any atom is -0.394 e. The van der Waals surface area contributed by atoms with Crippen LogP contribution in [0.5, 0.6) is 0 Å². The summed E-state index contributed by atoms with van der Waals surface area (Å²) >= 11 is 5.67. The summed E-state index contributed by atoms with van der Waals surface area (Å²) in [6.07, 6.45) is 0. The highest BCUT2D eigenvalue weighted by Gasteiger charge is 2.13. The first-order chi connectivity index (χ1) is 6.70. The van der Waals surface area contributed by atoms with Crippen LogP contribution in [0.4, 0.5) is 10.1 Å². The first kappa shape index (κ1) is 9.02. The zero-order valence-corrected chi connectivity index (χ0v) is 7.85. The third-order valence-corrected chi connectivity index (χ3v) is 2.17. The molecule has 0 aliphatic carbocycles. The zero-order valence-electron chi connectivity index (χ0n) is 7.09. The van der Waals surface area contributed by atoms with Crippen molar-refractivity contribution in [2.45, 2.75) is 0 Å². The van der Waals surface area contributed by atoms with Gasteiger partial charge in [0, 0.05) is 5.56 Å². The summed E-state index contributed by atoms with van der Waals surface area (Å²) in [6, 6.07) is 6.25. The smallest absolute Gasteiger partial charge is 0.148 e. The van der Waals surface area contributed by atoms with E-state index in [2.05, 4.69) is 10.2 Å². The molecule has 0 aliphatic heterocycles. The van der Waals surface area contributed by atoms with Gasteiger partial charge in [0.2, 0.25) is 0 Å². The number of aromatic amines is 1. The molecule has 1 aromatic heterocycles. The van der Waals surface area contributed by atoms with Crippen molar-refractivity contribution in [2.75, 3.05) is 5.73 Å². The van der Waals surface area contributed by atoms with Crippen LogP contribution in [-0.4, -0.2) is 10.2 Å². The van der Waals surface area contributed by atoms with Gasteiger partial charge in [-0.3, -0.25) is 5.10 Å². The van der Waals surface area contributed by atoms with Gasteiger partial charge in [-0.25, -0.2) is 4.39 Å². The highest BCUT2D eigenvalue weighted by Crippen LogP contribution is 2.30. The van der Waals surface area contributed by atoms with Crippen molar-refractivity contribution in [3.05, 3.63) is 35.2 Å². The number of nitrogens with two attached hydrogens (primary N) is 1. The van der Waals surface area contributed by atoms with E-state index in [1.807, 2.05) is 0 Å². The molecule has 0 atom stereocenters. The fourth-order valence-corrected chi connectivity index (χ4v) is 1.32. The van der Waals surface area contributed by atoms with E-state index in [9.17, 15) is 4.39 Å². The molecule has 0 saturated carbocycles. The van der Waals surface area contributed by atoms with Crippen LogP contribution in [0.3, 0.4) is 0 Å². The average molecular weight is 212 g/mol. The molecule has 72 valence electrons. The first-order valence-corrected chi connectivity index (χ1v) is 4.32. The Bertz CT molecular complexity index is 467. The number of anilines is 1. The van der Waals surface area contributed by atoms with Crippen LogP contribution in [0.1, 0.15) is 0 Å². The van der Waals surface area contributed by atoms with E-state index in [1.165, 1.54) is 6.07 Å². The minimum absolute atomic E-state index is 0.225. The molecule has 1 heterocycles. The molecule has 2 rings (SSSR count). The van der Waals surface area contributed by atoms with Gasteiger partial charge in [0.05, 0.1) is 5.69 Å². The van der Waals surface area contributed by atoms with Gasteiger partial charge in [-0.05, 0) is 12.1 Å². The average Bonchev–Trinajstić information content (AvgIpc) is 2.49. The van der Waals surface area contributed by atoms with Crippen molar-refractivity contribution in [1.82, 2.24) is 10.2 Å². The summed E-state index contributed by atoms with van der Waals surface area (Å²) in [7, 11) is 0. The zero-order chi connectivity index (χ0) is 10.1. The Morgan fingerprint density at radius 3 is 2.64 bits per heavy atom. The van der Waals surface area contributed by atoms with Crippen molar-refractivity contribution >= 4 is 17.3 Å². The maximum absolute atomic E-state index is 13.3. The molecule has 0 amide bonds.